The number of pyridine rings is 1. The Morgan fingerprint density at radius 1 is 1.22 bits per heavy atom. The number of carbonyl (C=O) groups excluding carboxylic acids is 1. The Hall–Kier alpha value is -2.37. The van der Waals surface area contributed by atoms with Gasteiger partial charge in [0, 0.05) is 25.0 Å². The summed E-state index contributed by atoms with van der Waals surface area (Å²) in [7, 11) is 1.60. The van der Waals surface area contributed by atoms with E-state index in [1.165, 1.54) is 4.90 Å². The molecule has 0 saturated heterocycles. The van der Waals surface area contributed by atoms with Crippen LogP contribution in [-0.2, 0) is 11.2 Å². The van der Waals surface area contributed by atoms with Gasteiger partial charge in [-0.25, -0.2) is 13.2 Å². The minimum atomic E-state index is -1.56. The summed E-state index contributed by atoms with van der Waals surface area (Å²) in [5.41, 5.74) is 0.693. The van der Waals surface area contributed by atoms with Crippen molar-refractivity contribution in [3.63, 3.8) is 0 Å². The average molecular weight is 322 g/mol. The van der Waals surface area contributed by atoms with Crippen molar-refractivity contribution in [2.45, 2.75) is 25.8 Å². The van der Waals surface area contributed by atoms with Crippen molar-refractivity contribution in [2.75, 3.05) is 7.05 Å². The van der Waals surface area contributed by atoms with Gasteiger partial charge in [0.15, 0.2) is 17.5 Å². The summed E-state index contributed by atoms with van der Waals surface area (Å²) < 4.78 is 39.9. The van der Waals surface area contributed by atoms with Crippen LogP contribution >= 0.6 is 0 Å². The summed E-state index contributed by atoms with van der Waals surface area (Å²) in [6, 6.07) is 5.31. The minimum absolute atomic E-state index is 0.165. The van der Waals surface area contributed by atoms with Gasteiger partial charge in [0.2, 0.25) is 5.91 Å². The molecular formula is C17H17F3N2O. The highest BCUT2D eigenvalue weighted by molar-refractivity contribution is 5.79. The van der Waals surface area contributed by atoms with Crippen LogP contribution in [0.2, 0.25) is 0 Å². The van der Waals surface area contributed by atoms with E-state index in [1.54, 1.807) is 25.5 Å². The second-order valence-electron chi connectivity index (χ2n) is 5.23. The Bertz CT molecular complexity index is 692. The monoisotopic (exact) mass is 322 g/mol. The lowest BCUT2D eigenvalue weighted by atomic mass is 10.0. The summed E-state index contributed by atoms with van der Waals surface area (Å²) >= 11 is 0. The quantitative estimate of drug-likeness (QED) is 0.787. The lowest BCUT2D eigenvalue weighted by Gasteiger charge is -2.27. The van der Waals surface area contributed by atoms with Crippen LogP contribution in [-0.4, -0.2) is 22.8 Å². The molecule has 1 aromatic carbocycles. The molecule has 0 unspecified atom stereocenters. The van der Waals surface area contributed by atoms with Crippen LogP contribution in [0.4, 0.5) is 13.2 Å². The van der Waals surface area contributed by atoms with Crippen LogP contribution < -0.4 is 0 Å². The number of likely N-dealkylation sites (N-methyl/N-ethyl adjacent to an activating group) is 1. The van der Waals surface area contributed by atoms with Crippen LogP contribution in [0.5, 0.6) is 0 Å². The number of hydrogen-bond donors (Lipinski definition) is 0. The zero-order valence-electron chi connectivity index (χ0n) is 12.9. The molecule has 1 atom stereocenters. The number of hydrogen-bond acceptors (Lipinski definition) is 2. The van der Waals surface area contributed by atoms with Gasteiger partial charge in [-0.05, 0) is 24.1 Å². The van der Waals surface area contributed by atoms with E-state index < -0.39 is 17.5 Å². The molecule has 0 fully saturated rings. The average Bonchev–Trinajstić information content (AvgIpc) is 2.57. The van der Waals surface area contributed by atoms with E-state index in [4.69, 9.17) is 0 Å². The molecular weight excluding hydrogens is 305 g/mol. The van der Waals surface area contributed by atoms with Gasteiger partial charge in [-0.2, -0.15) is 0 Å². The van der Waals surface area contributed by atoms with Gasteiger partial charge in [0.1, 0.15) is 0 Å². The zero-order valence-corrected chi connectivity index (χ0v) is 12.9. The number of amides is 1. The third-order valence-electron chi connectivity index (χ3n) is 3.77. The van der Waals surface area contributed by atoms with Crippen LogP contribution in [0.3, 0.4) is 0 Å². The second-order valence-corrected chi connectivity index (χ2v) is 5.23. The fraction of sp³-hybridized carbons (Fsp3) is 0.294. The molecule has 122 valence electrons. The third kappa shape index (κ3) is 3.70. The van der Waals surface area contributed by atoms with Crippen molar-refractivity contribution >= 4 is 5.91 Å². The fourth-order valence-corrected chi connectivity index (χ4v) is 2.47. The topological polar surface area (TPSA) is 33.2 Å². The Morgan fingerprint density at radius 2 is 1.96 bits per heavy atom. The largest absolute Gasteiger partial charge is 0.338 e. The van der Waals surface area contributed by atoms with Gasteiger partial charge in [-0.3, -0.25) is 9.78 Å². The highest BCUT2D eigenvalue weighted by Gasteiger charge is 2.22. The molecule has 0 bridgehead atoms. The van der Waals surface area contributed by atoms with Gasteiger partial charge in [-0.15, -0.1) is 0 Å². The summed E-state index contributed by atoms with van der Waals surface area (Å²) in [6.07, 6.45) is 3.61. The molecule has 2 rings (SSSR count). The molecule has 3 nitrogen and oxygen atoms in total. The molecule has 1 amide bonds. The maximum atomic E-state index is 13.7. The summed E-state index contributed by atoms with van der Waals surface area (Å²) in [6.45, 7) is 1.92. The van der Waals surface area contributed by atoms with E-state index in [0.29, 0.717) is 6.42 Å². The molecule has 6 heteroatoms. The number of nitrogens with zero attached hydrogens (tertiary/aromatic N) is 2. The van der Waals surface area contributed by atoms with Crippen molar-refractivity contribution in [3.8, 4) is 0 Å². The first-order valence-electron chi connectivity index (χ1n) is 7.23. The lowest BCUT2D eigenvalue weighted by Crippen LogP contribution is -2.32. The molecule has 0 saturated carbocycles. The summed E-state index contributed by atoms with van der Waals surface area (Å²) in [5.74, 6) is -4.53. The van der Waals surface area contributed by atoms with Gasteiger partial charge < -0.3 is 4.90 Å². The van der Waals surface area contributed by atoms with Crippen LogP contribution in [0.25, 0.3) is 0 Å². The van der Waals surface area contributed by atoms with Crippen molar-refractivity contribution < 1.29 is 18.0 Å². The normalized spacial score (nSPS) is 12.0. The van der Waals surface area contributed by atoms with Crippen molar-refractivity contribution in [2.24, 2.45) is 0 Å². The van der Waals surface area contributed by atoms with E-state index in [9.17, 15) is 18.0 Å². The highest BCUT2D eigenvalue weighted by Crippen LogP contribution is 2.23. The number of carbonyl (C=O) groups is 1. The Labute approximate surface area is 132 Å². The van der Waals surface area contributed by atoms with Crippen LogP contribution in [0.15, 0.2) is 36.7 Å². The molecule has 0 aliphatic rings. The molecule has 1 heterocycles. The van der Waals surface area contributed by atoms with Crippen molar-refractivity contribution in [1.82, 2.24) is 9.88 Å². The first kappa shape index (κ1) is 17.0. The first-order chi connectivity index (χ1) is 11.0. The maximum absolute atomic E-state index is 13.7. The van der Waals surface area contributed by atoms with Gasteiger partial charge >= 0.3 is 0 Å². The van der Waals surface area contributed by atoms with E-state index >= 15 is 0 Å². The standard InChI is InChI=1S/C17H17F3N2O/c1-3-14(12-5-4-8-21-10-12)22(2)15(23)9-11-6-7-13(18)17(20)16(11)19/h4-8,10,14H,3,9H2,1-2H3/t14-/m0/s1. The smallest absolute Gasteiger partial charge is 0.227 e. The molecule has 2 aromatic rings. The summed E-state index contributed by atoms with van der Waals surface area (Å²) in [4.78, 5) is 17.9. The molecule has 0 aliphatic carbocycles. The Balaban J connectivity index is 2.18. The van der Waals surface area contributed by atoms with Crippen molar-refractivity contribution in [3.05, 3.63) is 65.2 Å². The molecule has 0 radical (unpaired) electrons. The van der Waals surface area contributed by atoms with Crippen LogP contribution in [0, 0.1) is 17.5 Å². The number of benzene rings is 1. The first-order valence-corrected chi connectivity index (χ1v) is 7.23. The molecule has 0 N–H and O–H groups in total. The van der Waals surface area contributed by atoms with E-state index in [1.807, 2.05) is 13.0 Å². The minimum Gasteiger partial charge on any atom is -0.338 e. The number of rotatable bonds is 5. The molecule has 23 heavy (non-hydrogen) atoms. The maximum Gasteiger partial charge on any atom is 0.227 e. The zero-order chi connectivity index (χ0) is 17.0. The highest BCUT2D eigenvalue weighted by atomic mass is 19.2. The van der Waals surface area contributed by atoms with Gasteiger partial charge in [0.05, 0.1) is 12.5 Å². The molecule has 0 spiro atoms. The summed E-state index contributed by atoms with van der Waals surface area (Å²) in [5, 5.41) is 0. The third-order valence-corrected chi connectivity index (χ3v) is 3.77. The van der Waals surface area contributed by atoms with Crippen molar-refractivity contribution in [1.29, 1.82) is 0 Å². The molecule has 0 aliphatic heterocycles. The van der Waals surface area contributed by atoms with Gasteiger partial charge in [0.25, 0.3) is 0 Å². The van der Waals surface area contributed by atoms with E-state index in [-0.39, 0.29) is 23.9 Å². The Morgan fingerprint density at radius 3 is 2.57 bits per heavy atom. The van der Waals surface area contributed by atoms with Crippen LogP contribution in [0.1, 0.15) is 30.5 Å². The Kier molecular flexibility index (Phi) is 5.36. The number of aromatic nitrogens is 1. The fourth-order valence-electron chi connectivity index (χ4n) is 2.47. The van der Waals surface area contributed by atoms with E-state index in [0.717, 1.165) is 17.7 Å². The predicted octanol–water partition coefficient (Wildman–Crippen LogP) is 3.65. The number of halogens is 3. The molecule has 1 aromatic heterocycles. The van der Waals surface area contributed by atoms with Gasteiger partial charge in [-0.1, -0.05) is 19.1 Å². The SMILES string of the molecule is CC[C@@H](c1cccnc1)N(C)C(=O)Cc1ccc(F)c(F)c1F. The lowest BCUT2D eigenvalue weighted by molar-refractivity contribution is -0.131. The predicted molar refractivity (Wildman–Crippen MR) is 80.1 cm³/mol. The van der Waals surface area contributed by atoms with E-state index in [2.05, 4.69) is 4.98 Å². The second kappa shape index (κ2) is 7.26.